The maximum absolute atomic E-state index is 12.7. The third-order valence-corrected chi connectivity index (χ3v) is 7.22. The molecule has 33 heavy (non-hydrogen) atoms. The van der Waals surface area contributed by atoms with Crippen molar-refractivity contribution in [1.29, 1.82) is 0 Å². The largest absolute Gasteiger partial charge is 0.486 e. The highest BCUT2D eigenvalue weighted by atomic mass is 79.9. The second-order valence-electron chi connectivity index (χ2n) is 8.34. The minimum Gasteiger partial charge on any atom is -0.486 e. The fourth-order valence-electron chi connectivity index (χ4n) is 4.87. The standard InChI is InChI=1S/C24H18BrClN2O5/c25-17-7-13(8-18(26)21(17)33-11-12-2-1-3-16(6-12)24(31)32)10-27-28-22(29)19-14-4-5-15(9-14)20(19)23(28)30/h1-8,10,14-15,19-20H,9,11H2,(H,31,32)/t14-,15-,19-,20+/m0/s1. The van der Waals surface area contributed by atoms with Crippen molar-refractivity contribution in [1.82, 2.24) is 5.01 Å². The summed E-state index contributed by atoms with van der Waals surface area (Å²) in [6.45, 7) is 0.128. The molecule has 0 unspecified atom stereocenters. The Labute approximate surface area is 202 Å². The van der Waals surface area contributed by atoms with E-state index in [0.717, 1.165) is 11.4 Å². The predicted molar refractivity (Wildman–Crippen MR) is 124 cm³/mol. The van der Waals surface area contributed by atoms with Crippen LogP contribution in [0, 0.1) is 23.7 Å². The van der Waals surface area contributed by atoms with Gasteiger partial charge in [-0.15, -0.1) is 0 Å². The van der Waals surface area contributed by atoms with Gasteiger partial charge in [0.15, 0.2) is 5.75 Å². The molecule has 1 heterocycles. The second kappa shape index (κ2) is 8.43. The maximum atomic E-state index is 12.7. The molecule has 1 saturated carbocycles. The normalized spacial score (nSPS) is 25.3. The van der Waals surface area contributed by atoms with Crippen LogP contribution in [0.2, 0.25) is 5.02 Å². The predicted octanol–water partition coefficient (Wildman–Crippen LogP) is 4.52. The number of ether oxygens (including phenoxy) is 1. The number of fused-ring (bicyclic) bond motifs is 5. The fraction of sp³-hybridized carbons (Fsp3) is 0.250. The van der Waals surface area contributed by atoms with E-state index in [4.69, 9.17) is 21.4 Å². The summed E-state index contributed by atoms with van der Waals surface area (Å²) in [6.07, 6.45) is 6.38. The maximum Gasteiger partial charge on any atom is 0.335 e. The summed E-state index contributed by atoms with van der Waals surface area (Å²) in [7, 11) is 0. The molecule has 168 valence electrons. The van der Waals surface area contributed by atoms with Gasteiger partial charge >= 0.3 is 5.97 Å². The Balaban J connectivity index is 1.29. The number of carbonyl (C=O) groups is 3. The molecule has 9 heteroatoms. The van der Waals surface area contributed by atoms with Gasteiger partial charge in [0.25, 0.3) is 11.8 Å². The molecular weight excluding hydrogens is 512 g/mol. The molecule has 4 atom stereocenters. The van der Waals surface area contributed by atoms with Crippen molar-refractivity contribution < 1.29 is 24.2 Å². The number of allylic oxidation sites excluding steroid dienone is 2. The van der Waals surface area contributed by atoms with Crippen LogP contribution in [-0.4, -0.2) is 34.1 Å². The third kappa shape index (κ3) is 3.87. The summed E-state index contributed by atoms with van der Waals surface area (Å²) in [5.74, 6) is -1.44. The van der Waals surface area contributed by atoms with E-state index in [1.807, 2.05) is 12.2 Å². The van der Waals surface area contributed by atoms with Gasteiger partial charge in [-0.05, 0) is 69.6 Å². The van der Waals surface area contributed by atoms with Gasteiger partial charge in [-0.25, -0.2) is 4.79 Å². The number of amides is 2. The average molecular weight is 530 g/mol. The first kappa shape index (κ1) is 21.9. The number of carboxylic acids is 1. The first-order valence-corrected chi connectivity index (χ1v) is 11.5. The van der Waals surface area contributed by atoms with Gasteiger partial charge in [0.05, 0.1) is 33.1 Å². The van der Waals surface area contributed by atoms with Gasteiger partial charge in [-0.3, -0.25) is 9.59 Å². The quantitative estimate of drug-likeness (QED) is 0.337. The van der Waals surface area contributed by atoms with Crippen LogP contribution in [0.4, 0.5) is 0 Å². The zero-order valence-electron chi connectivity index (χ0n) is 17.2. The summed E-state index contributed by atoms with van der Waals surface area (Å²) >= 11 is 9.82. The Bertz CT molecular complexity index is 1190. The first-order chi connectivity index (χ1) is 15.8. The molecule has 0 aromatic heterocycles. The van der Waals surface area contributed by atoms with Crippen LogP contribution in [0.15, 0.2) is 58.1 Å². The third-order valence-electron chi connectivity index (χ3n) is 6.35. The molecule has 2 aromatic rings. The lowest BCUT2D eigenvalue weighted by Crippen LogP contribution is -2.28. The van der Waals surface area contributed by atoms with E-state index in [0.29, 0.717) is 26.4 Å². The monoisotopic (exact) mass is 528 g/mol. The van der Waals surface area contributed by atoms with E-state index < -0.39 is 5.97 Å². The van der Waals surface area contributed by atoms with E-state index >= 15 is 0 Å². The summed E-state index contributed by atoms with van der Waals surface area (Å²) in [4.78, 5) is 36.6. The van der Waals surface area contributed by atoms with Crippen molar-refractivity contribution in [3.8, 4) is 5.75 Å². The average Bonchev–Trinajstić information content (AvgIpc) is 3.46. The van der Waals surface area contributed by atoms with Gasteiger partial charge < -0.3 is 9.84 Å². The first-order valence-electron chi connectivity index (χ1n) is 10.4. The highest BCUT2D eigenvalue weighted by Gasteiger charge is 2.59. The number of hydrogen-bond acceptors (Lipinski definition) is 5. The van der Waals surface area contributed by atoms with Crippen LogP contribution >= 0.6 is 27.5 Å². The zero-order valence-corrected chi connectivity index (χ0v) is 19.5. The number of benzene rings is 2. The lowest BCUT2D eigenvalue weighted by molar-refractivity contribution is -0.140. The fourth-order valence-corrected chi connectivity index (χ4v) is 5.86. The SMILES string of the molecule is O=C(O)c1cccc(COc2c(Cl)cc(C=NN3C(=O)[C@@H]4[C@H](C3=O)[C@H]3C=C[C@H]4C3)cc2Br)c1. The Morgan fingerprint density at radius 2 is 1.88 bits per heavy atom. The molecule has 2 aromatic carbocycles. The molecule has 0 radical (unpaired) electrons. The zero-order chi connectivity index (χ0) is 23.3. The summed E-state index contributed by atoms with van der Waals surface area (Å²) < 4.78 is 6.35. The molecule has 5 rings (SSSR count). The van der Waals surface area contributed by atoms with Crippen LogP contribution in [0.3, 0.4) is 0 Å². The van der Waals surface area contributed by atoms with E-state index in [1.165, 1.54) is 18.3 Å². The molecule has 1 saturated heterocycles. The molecule has 1 aliphatic heterocycles. The Kier molecular flexibility index (Phi) is 5.58. The molecule has 2 amide bonds. The Morgan fingerprint density at radius 1 is 1.18 bits per heavy atom. The molecule has 2 bridgehead atoms. The Hall–Kier alpha value is -2.97. The molecule has 7 nitrogen and oxygen atoms in total. The Morgan fingerprint density at radius 3 is 2.52 bits per heavy atom. The highest BCUT2D eigenvalue weighted by molar-refractivity contribution is 9.10. The summed E-state index contributed by atoms with van der Waals surface area (Å²) in [6, 6.07) is 9.79. The van der Waals surface area contributed by atoms with Crippen molar-refractivity contribution in [2.24, 2.45) is 28.8 Å². The van der Waals surface area contributed by atoms with Crippen molar-refractivity contribution in [3.05, 3.63) is 74.7 Å². The number of imide groups is 1. The van der Waals surface area contributed by atoms with Crippen molar-refractivity contribution in [3.63, 3.8) is 0 Å². The van der Waals surface area contributed by atoms with Gasteiger partial charge in [-0.2, -0.15) is 10.1 Å². The lowest BCUT2D eigenvalue weighted by Gasteiger charge is -2.13. The molecular formula is C24H18BrClN2O5. The smallest absolute Gasteiger partial charge is 0.335 e. The van der Waals surface area contributed by atoms with Crippen LogP contribution in [0.25, 0.3) is 0 Å². The number of hydrogen-bond donors (Lipinski definition) is 1. The van der Waals surface area contributed by atoms with Crippen LogP contribution in [0.5, 0.6) is 5.75 Å². The van der Waals surface area contributed by atoms with Gasteiger partial charge in [0.1, 0.15) is 6.61 Å². The van der Waals surface area contributed by atoms with Crippen molar-refractivity contribution >= 4 is 51.5 Å². The minimum atomic E-state index is -1.01. The lowest BCUT2D eigenvalue weighted by atomic mass is 9.85. The van der Waals surface area contributed by atoms with E-state index in [9.17, 15) is 14.4 Å². The number of rotatable bonds is 6. The van der Waals surface area contributed by atoms with E-state index in [1.54, 1.807) is 24.3 Å². The van der Waals surface area contributed by atoms with Gasteiger partial charge in [0, 0.05) is 0 Å². The molecule has 2 fully saturated rings. The minimum absolute atomic E-state index is 0.128. The van der Waals surface area contributed by atoms with Crippen LogP contribution in [0.1, 0.15) is 27.9 Å². The molecule has 3 aliphatic rings. The number of carboxylic acid groups (broad SMARTS) is 1. The number of carbonyl (C=O) groups excluding carboxylic acids is 2. The molecule has 0 spiro atoms. The van der Waals surface area contributed by atoms with Gasteiger partial charge in [0.2, 0.25) is 0 Å². The summed E-state index contributed by atoms with van der Waals surface area (Å²) in [5.41, 5.74) is 1.45. The number of nitrogens with zero attached hydrogens (tertiary/aromatic N) is 2. The van der Waals surface area contributed by atoms with Crippen molar-refractivity contribution in [2.45, 2.75) is 13.0 Å². The van der Waals surface area contributed by atoms with Gasteiger partial charge in [-0.1, -0.05) is 35.9 Å². The second-order valence-corrected chi connectivity index (χ2v) is 9.60. The van der Waals surface area contributed by atoms with Crippen molar-refractivity contribution in [2.75, 3.05) is 0 Å². The van der Waals surface area contributed by atoms with Crippen LogP contribution in [-0.2, 0) is 16.2 Å². The molecule has 1 N–H and O–H groups in total. The van der Waals surface area contributed by atoms with E-state index in [2.05, 4.69) is 21.0 Å². The van der Waals surface area contributed by atoms with Crippen LogP contribution < -0.4 is 4.74 Å². The molecule has 2 aliphatic carbocycles. The number of aromatic carboxylic acids is 1. The summed E-state index contributed by atoms with van der Waals surface area (Å²) in [5, 5.41) is 14.6. The van der Waals surface area contributed by atoms with E-state index in [-0.39, 0.29) is 47.7 Å². The number of halogens is 2. The number of hydrazone groups is 1. The highest BCUT2D eigenvalue weighted by Crippen LogP contribution is 2.52. The topological polar surface area (TPSA) is 96.3 Å².